The molecule has 0 atom stereocenters. The fraction of sp³-hybridized carbons (Fsp3) is 1.00. The first-order valence-corrected chi connectivity index (χ1v) is 7.35. The third kappa shape index (κ3) is 3.75. The van der Waals surface area contributed by atoms with Crippen LogP contribution in [0, 0.1) is 0 Å². The normalized spacial score (nSPS) is 20.6. The summed E-state index contributed by atoms with van der Waals surface area (Å²) in [4.78, 5) is 0. The summed E-state index contributed by atoms with van der Waals surface area (Å²) in [5, 5.41) is 0. The molecule has 0 radical (unpaired) electrons. The van der Waals surface area contributed by atoms with E-state index in [0.29, 0.717) is 25.4 Å². The maximum atomic E-state index is 11.8. The summed E-state index contributed by atoms with van der Waals surface area (Å²) < 4.78 is 25.2. The van der Waals surface area contributed by atoms with E-state index in [1.807, 2.05) is 0 Å². The third-order valence-corrected chi connectivity index (χ3v) is 4.72. The highest BCUT2D eigenvalue weighted by atomic mass is 35.5. The molecule has 5 heteroatoms. The Bertz CT molecular complexity index is 246. The van der Waals surface area contributed by atoms with Gasteiger partial charge in [-0.1, -0.05) is 12.8 Å². The molecule has 0 aromatic heterocycles. The van der Waals surface area contributed by atoms with Crippen molar-refractivity contribution in [3.63, 3.8) is 0 Å². The van der Waals surface area contributed by atoms with Crippen molar-refractivity contribution in [2.24, 2.45) is 0 Å². The van der Waals surface area contributed by atoms with Crippen LogP contribution in [0.15, 0.2) is 0 Å². The summed E-state index contributed by atoms with van der Waals surface area (Å²) >= 11 is 5.50. The van der Waals surface area contributed by atoms with E-state index in [9.17, 15) is 8.42 Å². The molecule has 0 bridgehead atoms. The Morgan fingerprint density at radius 3 is 2.14 bits per heavy atom. The number of nitrogens with zero attached hydrogens (tertiary/aromatic N) is 1. The van der Waals surface area contributed by atoms with Gasteiger partial charge in [0.15, 0.2) is 0 Å². The molecule has 0 aromatic rings. The Morgan fingerprint density at radius 2 is 1.64 bits per heavy atom. The molecule has 1 rings (SSSR count). The molecule has 0 amide bonds. The van der Waals surface area contributed by atoms with Crippen molar-refractivity contribution in [2.75, 3.05) is 24.7 Å². The van der Waals surface area contributed by atoms with Crippen molar-refractivity contribution in [3.05, 3.63) is 0 Å². The van der Waals surface area contributed by atoms with Crippen LogP contribution in [-0.4, -0.2) is 37.4 Å². The molecule has 1 aliphatic heterocycles. The lowest BCUT2D eigenvalue weighted by molar-refractivity contribution is 0.423. The highest BCUT2D eigenvalue weighted by Crippen LogP contribution is 2.14. The molecule has 84 valence electrons. The Labute approximate surface area is 91.5 Å². The van der Waals surface area contributed by atoms with Gasteiger partial charge in [-0.05, 0) is 19.3 Å². The second-order valence-electron chi connectivity index (χ2n) is 3.67. The van der Waals surface area contributed by atoms with Crippen molar-refractivity contribution in [3.8, 4) is 0 Å². The van der Waals surface area contributed by atoms with E-state index in [-0.39, 0.29) is 5.75 Å². The molecule has 0 unspecified atom stereocenters. The third-order valence-electron chi connectivity index (χ3n) is 2.49. The zero-order valence-electron chi connectivity index (χ0n) is 8.41. The van der Waals surface area contributed by atoms with Crippen molar-refractivity contribution in [2.45, 2.75) is 32.1 Å². The molecule has 0 spiro atoms. The van der Waals surface area contributed by atoms with E-state index in [2.05, 4.69) is 0 Å². The van der Waals surface area contributed by atoms with Gasteiger partial charge < -0.3 is 0 Å². The minimum Gasteiger partial charge on any atom is -0.212 e. The Kier molecular flexibility index (Phi) is 5.20. The summed E-state index contributed by atoms with van der Waals surface area (Å²) in [6.45, 7) is 1.40. The van der Waals surface area contributed by atoms with E-state index in [0.717, 1.165) is 25.7 Å². The first-order valence-electron chi connectivity index (χ1n) is 5.20. The van der Waals surface area contributed by atoms with Crippen LogP contribution < -0.4 is 0 Å². The first kappa shape index (κ1) is 12.3. The van der Waals surface area contributed by atoms with E-state index in [4.69, 9.17) is 11.6 Å². The summed E-state index contributed by atoms with van der Waals surface area (Å²) in [5.74, 6) is 0.629. The van der Waals surface area contributed by atoms with E-state index in [1.165, 1.54) is 0 Å². The van der Waals surface area contributed by atoms with E-state index >= 15 is 0 Å². The largest absolute Gasteiger partial charge is 0.214 e. The SMILES string of the molecule is O=S(=O)(CCCCl)N1CCCCCC1. The van der Waals surface area contributed by atoms with Gasteiger partial charge in [-0.15, -0.1) is 11.6 Å². The smallest absolute Gasteiger partial charge is 0.212 e. The Morgan fingerprint density at radius 1 is 1.07 bits per heavy atom. The van der Waals surface area contributed by atoms with Crippen molar-refractivity contribution in [1.82, 2.24) is 4.31 Å². The molecule has 1 saturated heterocycles. The number of hydrogen-bond acceptors (Lipinski definition) is 2. The molecule has 0 aliphatic carbocycles. The van der Waals surface area contributed by atoms with Crippen LogP contribution in [0.2, 0.25) is 0 Å². The van der Waals surface area contributed by atoms with Gasteiger partial charge in [0.25, 0.3) is 0 Å². The minimum atomic E-state index is -3.02. The van der Waals surface area contributed by atoms with Gasteiger partial charge in [0.05, 0.1) is 5.75 Å². The Hall–Kier alpha value is 0.200. The zero-order chi connectivity index (χ0) is 10.4. The highest BCUT2D eigenvalue weighted by Gasteiger charge is 2.21. The van der Waals surface area contributed by atoms with Gasteiger partial charge in [-0.2, -0.15) is 0 Å². The molecule has 14 heavy (non-hydrogen) atoms. The summed E-state index contributed by atoms with van der Waals surface area (Å²) in [5.41, 5.74) is 0. The summed E-state index contributed by atoms with van der Waals surface area (Å²) in [7, 11) is -3.02. The number of rotatable bonds is 4. The number of hydrogen-bond donors (Lipinski definition) is 0. The van der Waals surface area contributed by atoms with Crippen LogP contribution in [0.1, 0.15) is 32.1 Å². The Balaban J connectivity index is 2.51. The molecule has 3 nitrogen and oxygen atoms in total. The summed E-state index contributed by atoms with van der Waals surface area (Å²) in [6.07, 6.45) is 4.86. The standard InChI is InChI=1S/C9H18ClNO2S/c10-6-5-9-14(12,13)11-7-3-1-2-4-8-11/h1-9H2. The second-order valence-corrected chi connectivity index (χ2v) is 6.14. The van der Waals surface area contributed by atoms with Gasteiger partial charge in [-0.25, -0.2) is 12.7 Å². The van der Waals surface area contributed by atoms with Gasteiger partial charge >= 0.3 is 0 Å². The average molecular weight is 240 g/mol. The van der Waals surface area contributed by atoms with Gasteiger partial charge in [0, 0.05) is 19.0 Å². The highest BCUT2D eigenvalue weighted by molar-refractivity contribution is 7.89. The lowest BCUT2D eigenvalue weighted by Gasteiger charge is -2.19. The number of alkyl halides is 1. The number of sulfonamides is 1. The maximum absolute atomic E-state index is 11.8. The lowest BCUT2D eigenvalue weighted by atomic mass is 10.2. The van der Waals surface area contributed by atoms with Crippen LogP contribution in [-0.2, 0) is 10.0 Å². The lowest BCUT2D eigenvalue weighted by Crippen LogP contribution is -2.33. The summed E-state index contributed by atoms with van der Waals surface area (Å²) in [6, 6.07) is 0. The van der Waals surface area contributed by atoms with Crippen LogP contribution in [0.5, 0.6) is 0 Å². The molecule has 0 saturated carbocycles. The van der Waals surface area contributed by atoms with Gasteiger partial charge in [0.1, 0.15) is 0 Å². The fourth-order valence-electron chi connectivity index (χ4n) is 1.69. The minimum absolute atomic E-state index is 0.205. The van der Waals surface area contributed by atoms with Gasteiger partial charge in [-0.3, -0.25) is 0 Å². The molecule has 0 N–H and O–H groups in total. The maximum Gasteiger partial charge on any atom is 0.214 e. The monoisotopic (exact) mass is 239 g/mol. The van der Waals surface area contributed by atoms with Crippen LogP contribution in [0.4, 0.5) is 0 Å². The predicted molar refractivity (Wildman–Crippen MR) is 59.2 cm³/mol. The van der Waals surface area contributed by atoms with Crippen LogP contribution in [0.25, 0.3) is 0 Å². The number of halogens is 1. The zero-order valence-corrected chi connectivity index (χ0v) is 9.99. The van der Waals surface area contributed by atoms with Crippen LogP contribution in [0.3, 0.4) is 0 Å². The topological polar surface area (TPSA) is 37.4 Å². The van der Waals surface area contributed by atoms with Crippen molar-refractivity contribution < 1.29 is 8.42 Å². The molecular formula is C9H18ClNO2S. The predicted octanol–water partition coefficient (Wildman–Crippen LogP) is 1.82. The second kappa shape index (κ2) is 5.93. The van der Waals surface area contributed by atoms with Crippen molar-refractivity contribution >= 4 is 21.6 Å². The molecule has 1 fully saturated rings. The van der Waals surface area contributed by atoms with E-state index < -0.39 is 10.0 Å². The molecule has 0 aromatic carbocycles. The molecular weight excluding hydrogens is 222 g/mol. The van der Waals surface area contributed by atoms with Crippen LogP contribution >= 0.6 is 11.6 Å². The molecule has 1 aliphatic rings. The quantitative estimate of drug-likeness (QED) is 0.702. The first-order chi connectivity index (χ1) is 6.67. The van der Waals surface area contributed by atoms with Crippen molar-refractivity contribution in [1.29, 1.82) is 0 Å². The van der Waals surface area contributed by atoms with E-state index in [1.54, 1.807) is 4.31 Å². The van der Waals surface area contributed by atoms with Gasteiger partial charge in [0.2, 0.25) is 10.0 Å². The molecule has 1 heterocycles. The fourth-order valence-corrected chi connectivity index (χ4v) is 3.56. The average Bonchev–Trinajstić information content (AvgIpc) is 2.43.